The molecule has 146 valence electrons. The number of benzene rings is 3. The van der Waals surface area contributed by atoms with Gasteiger partial charge in [0.15, 0.2) is 5.78 Å². The fourth-order valence-corrected chi connectivity index (χ4v) is 3.54. The number of halogens is 1. The summed E-state index contributed by atoms with van der Waals surface area (Å²) in [5, 5.41) is 14.0. The third kappa shape index (κ3) is 5.43. The van der Waals surface area contributed by atoms with E-state index < -0.39 is 10.8 Å². The number of ketones is 1. The van der Waals surface area contributed by atoms with E-state index in [0.717, 1.165) is 4.90 Å². The smallest absolute Gasteiger partial charge is 0.270 e. The van der Waals surface area contributed by atoms with Gasteiger partial charge in [-0.05, 0) is 42.5 Å². The summed E-state index contributed by atoms with van der Waals surface area (Å²) < 4.78 is 0. The second-order valence-corrected chi connectivity index (χ2v) is 7.43. The fraction of sp³-hybridized carbons (Fsp3) is 0.0476. The van der Waals surface area contributed by atoms with Crippen LogP contribution in [0, 0.1) is 10.1 Å². The SMILES string of the molecule is O=C(Nc1ccc(SCC(=O)c2ccccc2Cl)cc1)c1cccc([N+](=O)[O-])c1. The highest BCUT2D eigenvalue weighted by atomic mass is 35.5. The van der Waals surface area contributed by atoms with Crippen molar-refractivity contribution in [1.82, 2.24) is 0 Å². The predicted molar refractivity (Wildman–Crippen MR) is 114 cm³/mol. The molecule has 0 spiro atoms. The van der Waals surface area contributed by atoms with Gasteiger partial charge in [0.25, 0.3) is 11.6 Å². The maximum absolute atomic E-state index is 12.3. The van der Waals surface area contributed by atoms with Crippen molar-refractivity contribution in [3.63, 3.8) is 0 Å². The van der Waals surface area contributed by atoms with E-state index in [1.165, 1.54) is 36.0 Å². The number of nitrogens with zero attached hydrogens (tertiary/aromatic N) is 1. The molecule has 3 aromatic carbocycles. The average Bonchev–Trinajstić information content (AvgIpc) is 2.73. The first-order valence-electron chi connectivity index (χ1n) is 8.50. The fourth-order valence-electron chi connectivity index (χ4n) is 2.51. The first-order chi connectivity index (χ1) is 13.9. The van der Waals surface area contributed by atoms with Crippen LogP contribution in [0.25, 0.3) is 0 Å². The van der Waals surface area contributed by atoms with Crippen molar-refractivity contribution in [2.24, 2.45) is 0 Å². The van der Waals surface area contributed by atoms with Crippen molar-refractivity contribution in [2.75, 3.05) is 11.1 Å². The van der Waals surface area contributed by atoms with Gasteiger partial charge in [-0.25, -0.2) is 0 Å². The van der Waals surface area contributed by atoms with Crippen LogP contribution < -0.4 is 5.32 Å². The molecule has 0 fully saturated rings. The zero-order valence-corrected chi connectivity index (χ0v) is 16.6. The predicted octanol–water partition coefficient (Wildman–Crippen LogP) is 5.48. The van der Waals surface area contributed by atoms with Gasteiger partial charge in [0.05, 0.1) is 15.7 Å². The lowest BCUT2D eigenvalue weighted by Crippen LogP contribution is -2.12. The first-order valence-corrected chi connectivity index (χ1v) is 9.87. The van der Waals surface area contributed by atoms with E-state index in [-0.39, 0.29) is 22.8 Å². The molecule has 0 heterocycles. The van der Waals surface area contributed by atoms with E-state index in [4.69, 9.17) is 11.6 Å². The third-order valence-electron chi connectivity index (χ3n) is 3.98. The molecule has 0 radical (unpaired) electrons. The van der Waals surface area contributed by atoms with Crippen molar-refractivity contribution in [3.8, 4) is 0 Å². The molecule has 0 saturated carbocycles. The molecule has 0 aliphatic heterocycles. The lowest BCUT2D eigenvalue weighted by Gasteiger charge is -2.07. The topological polar surface area (TPSA) is 89.3 Å². The third-order valence-corrected chi connectivity index (χ3v) is 5.32. The monoisotopic (exact) mass is 426 g/mol. The number of amides is 1. The number of nitrogens with one attached hydrogen (secondary N) is 1. The van der Waals surface area contributed by atoms with Gasteiger partial charge in [-0.1, -0.05) is 29.8 Å². The Balaban J connectivity index is 1.59. The Morgan fingerprint density at radius 2 is 1.72 bits per heavy atom. The molecule has 1 N–H and O–H groups in total. The molecule has 1 amide bonds. The molecular formula is C21H15ClN2O4S. The van der Waals surface area contributed by atoms with E-state index in [2.05, 4.69) is 5.32 Å². The first kappa shape index (κ1) is 20.6. The Kier molecular flexibility index (Phi) is 6.64. The maximum atomic E-state index is 12.3. The van der Waals surface area contributed by atoms with Crippen molar-refractivity contribution < 1.29 is 14.5 Å². The largest absolute Gasteiger partial charge is 0.322 e. The zero-order chi connectivity index (χ0) is 20.8. The molecule has 0 aromatic heterocycles. The van der Waals surface area contributed by atoms with Gasteiger partial charge in [-0.3, -0.25) is 19.7 Å². The van der Waals surface area contributed by atoms with Gasteiger partial charge in [0.1, 0.15) is 0 Å². The van der Waals surface area contributed by atoms with Crippen LogP contribution in [0.1, 0.15) is 20.7 Å². The minimum Gasteiger partial charge on any atom is -0.322 e. The van der Waals surface area contributed by atoms with Crippen LogP contribution in [-0.4, -0.2) is 22.4 Å². The van der Waals surface area contributed by atoms with Crippen LogP contribution >= 0.6 is 23.4 Å². The Morgan fingerprint density at radius 1 is 1.00 bits per heavy atom. The van der Waals surface area contributed by atoms with Crippen LogP contribution in [0.4, 0.5) is 11.4 Å². The summed E-state index contributed by atoms with van der Waals surface area (Å²) in [7, 11) is 0. The molecule has 29 heavy (non-hydrogen) atoms. The van der Waals surface area contributed by atoms with Crippen molar-refractivity contribution in [2.45, 2.75) is 4.90 Å². The van der Waals surface area contributed by atoms with E-state index in [0.29, 0.717) is 16.3 Å². The minimum atomic E-state index is -0.549. The summed E-state index contributed by atoms with van der Waals surface area (Å²) >= 11 is 7.41. The van der Waals surface area contributed by atoms with Gasteiger partial charge in [0, 0.05) is 33.8 Å². The summed E-state index contributed by atoms with van der Waals surface area (Å²) in [5.41, 5.74) is 1.08. The van der Waals surface area contributed by atoms with Gasteiger partial charge >= 0.3 is 0 Å². The summed E-state index contributed by atoms with van der Waals surface area (Å²) in [6.07, 6.45) is 0. The summed E-state index contributed by atoms with van der Waals surface area (Å²) in [5.74, 6) is -0.269. The number of non-ortho nitro benzene ring substituents is 1. The van der Waals surface area contributed by atoms with Gasteiger partial charge in [-0.2, -0.15) is 0 Å². The Bertz CT molecular complexity index is 1070. The molecule has 0 atom stereocenters. The normalized spacial score (nSPS) is 10.4. The van der Waals surface area contributed by atoms with E-state index in [9.17, 15) is 19.7 Å². The molecule has 0 saturated heterocycles. The number of hydrogen-bond donors (Lipinski definition) is 1. The molecule has 8 heteroatoms. The molecular weight excluding hydrogens is 412 g/mol. The number of Topliss-reactive ketones (excluding diaryl/α,β-unsaturated/α-hetero) is 1. The van der Waals surface area contributed by atoms with Crippen molar-refractivity contribution in [3.05, 3.63) is 99.1 Å². The Labute approximate surface area is 176 Å². The Hall–Kier alpha value is -3.16. The van der Waals surface area contributed by atoms with Gasteiger partial charge in [-0.15, -0.1) is 11.8 Å². The molecule has 6 nitrogen and oxygen atoms in total. The number of rotatable bonds is 7. The van der Waals surface area contributed by atoms with Crippen LogP contribution in [-0.2, 0) is 0 Å². The lowest BCUT2D eigenvalue weighted by molar-refractivity contribution is -0.384. The lowest BCUT2D eigenvalue weighted by atomic mass is 10.1. The molecule has 3 aromatic rings. The van der Waals surface area contributed by atoms with E-state index in [1.54, 1.807) is 48.5 Å². The van der Waals surface area contributed by atoms with Crippen LogP contribution in [0.2, 0.25) is 5.02 Å². The average molecular weight is 427 g/mol. The van der Waals surface area contributed by atoms with Gasteiger partial charge < -0.3 is 5.32 Å². The summed E-state index contributed by atoms with van der Waals surface area (Å²) in [4.78, 5) is 35.7. The number of thioether (sulfide) groups is 1. The second kappa shape index (κ2) is 9.36. The molecule has 0 aliphatic carbocycles. The van der Waals surface area contributed by atoms with Crippen molar-refractivity contribution >= 4 is 46.4 Å². The summed E-state index contributed by atoms with van der Waals surface area (Å²) in [6, 6.07) is 19.4. The summed E-state index contributed by atoms with van der Waals surface area (Å²) in [6.45, 7) is 0. The number of nitro benzene ring substituents is 1. The number of hydrogen-bond acceptors (Lipinski definition) is 5. The van der Waals surface area contributed by atoms with Gasteiger partial charge in [0.2, 0.25) is 0 Å². The van der Waals surface area contributed by atoms with E-state index in [1.807, 2.05) is 0 Å². The van der Waals surface area contributed by atoms with Crippen LogP contribution in [0.15, 0.2) is 77.7 Å². The maximum Gasteiger partial charge on any atom is 0.270 e. The number of nitro groups is 1. The van der Waals surface area contributed by atoms with Crippen LogP contribution in [0.3, 0.4) is 0 Å². The minimum absolute atomic E-state index is 0.0661. The highest BCUT2D eigenvalue weighted by Crippen LogP contribution is 2.24. The number of carbonyl (C=O) groups is 2. The quantitative estimate of drug-likeness (QED) is 0.234. The highest BCUT2D eigenvalue weighted by Gasteiger charge is 2.12. The van der Waals surface area contributed by atoms with Crippen LogP contribution in [0.5, 0.6) is 0 Å². The van der Waals surface area contributed by atoms with Crippen molar-refractivity contribution in [1.29, 1.82) is 0 Å². The standard InChI is InChI=1S/C21H15ClN2O4S/c22-19-7-2-1-6-18(19)20(25)13-29-17-10-8-15(9-11-17)23-21(26)14-4-3-5-16(12-14)24(27)28/h1-12H,13H2,(H,23,26). The second-order valence-electron chi connectivity index (χ2n) is 5.98. The number of carbonyl (C=O) groups excluding carboxylic acids is 2. The molecule has 3 rings (SSSR count). The molecule has 0 aliphatic rings. The zero-order valence-electron chi connectivity index (χ0n) is 15.0. The molecule has 0 bridgehead atoms. The number of anilines is 1. The highest BCUT2D eigenvalue weighted by molar-refractivity contribution is 8.00. The molecule has 0 unspecified atom stereocenters. The van der Waals surface area contributed by atoms with E-state index >= 15 is 0 Å². The Morgan fingerprint density at radius 3 is 2.41 bits per heavy atom.